The zero-order valence-electron chi connectivity index (χ0n) is 16.2. The Hall–Kier alpha value is -2.95. The van der Waals surface area contributed by atoms with E-state index in [2.05, 4.69) is 11.9 Å². The average Bonchev–Trinajstić information content (AvgIpc) is 2.60. The predicted molar refractivity (Wildman–Crippen MR) is 109 cm³/mol. The summed E-state index contributed by atoms with van der Waals surface area (Å²) in [6.07, 6.45) is 1.44. The average molecular weight is 398 g/mol. The van der Waals surface area contributed by atoms with Gasteiger partial charge in [-0.1, -0.05) is 29.8 Å². The van der Waals surface area contributed by atoms with Crippen LogP contribution < -0.4 is 5.32 Å². The van der Waals surface area contributed by atoms with Gasteiger partial charge in [0.15, 0.2) is 0 Å². The smallest absolute Gasteiger partial charge is 0.244 e. The number of nitrogens with one attached hydrogen (secondary N) is 1. The van der Waals surface area contributed by atoms with Gasteiger partial charge in [0.2, 0.25) is 15.9 Å². The molecule has 7 heteroatoms. The van der Waals surface area contributed by atoms with Crippen LogP contribution in [0.3, 0.4) is 0 Å². The Balaban J connectivity index is 2.30. The van der Waals surface area contributed by atoms with Crippen LogP contribution >= 0.6 is 0 Å². The third kappa shape index (κ3) is 4.85. The maximum atomic E-state index is 13.2. The molecule has 0 radical (unpaired) electrons. The van der Waals surface area contributed by atoms with E-state index in [0.29, 0.717) is 22.4 Å². The molecule has 0 unspecified atom stereocenters. The first-order valence-electron chi connectivity index (χ1n) is 8.68. The summed E-state index contributed by atoms with van der Waals surface area (Å²) in [5.74, 6) is -0.497. The summed E-state index contributed by atoms with van der Waals surface area (Å²) in [7, 11) is -3.89. The highest BCUT2D eigenvalue weighted by Crippen LogP contribution is 2.25. The Morgan fingerprint density at radius 2 is 1.86 bits per heavy atom. The number of carbonyl (C=O) groups excluding carboxylic acids is 1. The van der Waals surface area contributed by atoms with Crippen molar-refractivity contribution in [2.24, 2.45) is 0 Å². The number of hydrogen-bond acceptors (Lipinski definition) is 4. The fourth-order valence-electron chi connectivity index (χ4n) is 3.12. The number of anilines is 1. The molecule has 0 aromatic heterocycles. The Bertz CT molecular complexity index is 1030. The van der Waals surface area contributed by atoms with Crippen LogP contribution in [0.25, 0.3) is 0 Å². The Labute approximate surface area is 166 Å². The van der Waals surface area contributed by atoms with Gasteiger partial charge in [0.25, 0.3) is 0 Å². The fourth-order valence-corrected chi connectivity index (χ4v) is 4.90. The number of carbonyl (C=O) groups is 1. The van der Waals surface area contributed by atoms with Crippen molar-refractivity contribution in [1.82, 2.24) is 4.31 Å². The lowest BCUT2D eigenvalue weighted by molar-refractivity contribution is -0.116. The molecule has 0 spiro atoms. The van der Waals surface area contributed by atoms with Crippen molar-refractivity contribution >= 4 is 21.6 Å². The normalized spacial score (nSPS) is 11.1. The zero-order chi connectivity index (χ0) is 20.9. The van der Waals surface area contributed by atoms with Crippen LogP contribution in [0.15, 0.2) is 53.9 Å². The van der Waals surface area contributed by atoms with Crippen molar-refractivity contribution < 1.29 is 13.2 Å². The van der Waals surface area contributed by atoms with Crippen molar-refractivity contribution in [2.75, 3.05) is 18.4 Å². The van der Waals surface area contributed by atoms with Gasteiger partial charge in [-0.3, -0.25) is 4.79 Å². The first-order valence-corrected chi connectivity index (χ1v) is 10.1. The zero-order valence-corrected chi connectivity index (χ0v) is 17.0. The predicted octanol–water partition coefficient (Wildman–Crippen LogP) is 3.30. The van der Waals surface area contributed by atoms with Gasteiger partial charge in [-0.15, -0.1) is 6.58 Å². The standard InChI is InChI=1S/C21H23N3O3S/c1-5-9-24(14-20(25)23-19-8-6-7-18(12-19)13-22)28(26,27)21-16(3)10-15(2)11-17(21)4/h5-8,10-12H,1,9,14H2,2-4H3,(H,23,25). The van der Waals surface area contributed by atoms with Crippen molar-refractivity contribution in [3.8, 4) is 6.07 Å². The molecule has 0 saturated carbocycles. The third-order valence-corrected chi connectivity index (χ3v) is 6.25. The topological polar surface area (TPSA) is 90.3 Å². The highest BCUT2D eigenvalue weighted by molar-refractivity contribution is 7.89. The minimum Gasteiger partial charge on any atom is -0.325 e. The van der Waals surface area contributed by atoms with Gasteiger partial charge >= 0.3 is 0 Å². The second kappa shape index (κ2) is 8.83. The summed E-state index contributed by atoms with van der Waals surface area (Å²) in [6, 6.07) is 12.0. The molecule has 146 valence electrons. The molecule has 0 fully saturated rings. The number of amides is 1. The quantitative estimate of drug-likeness (QED) is 0.726. The highest BCUT2D eigenvalue weighted by atomic mass is 32.2. The van der Waals surface area contributed by atoms with Crippen molar-refractivity contribution in [3.63, 3.8) is 0 Å². The Kier molecular flexibility index (Phi) is 6.73. The minimum atomic E-state index is -3.89. The minimum absolute atomic E-state index is 0.000739. The van der Waals surface area contributed by atoms with Crippen LogP contribution in [-0.2, 0) is 14.8 Å². The number of aryl methyl sites for hydroxylation is 3. The maximum absolute atomic E-state index is 13.2. The lowest BCUT2D eigenvalue weighted by Crippen LogP contribution is -2.38. The first kappa shape index (κ1) is 21.4. The van der Waals surface area contributed by atoms with E-state index >= 15 is 0 Å². The lowest BCUT2D eigenvalue weighted by Gasteiger charge is -2.23. The van der Waals surface area contributed by atoms with E-state index in [1.807, 2.05) is 13.0 Å². The summed E-state index contributed by atoms with van der Waals surface area (Å²) in [5.41, 5.74) is 3.07. The Morgan fingerprint density at radius 1 is 1.21 bits per heavy atom. The molecule has 0 heterocycles. The van der Waals surface area contributed by atoms with E-state index in [1.165, 1.54) is 12.1 Å². The number of nitrogens with zero attached hydrogens (tertiary/aromatic N) is 2. The molecule has 0 aliphatic heterocycles. The molecule has 1 N–H and O–H groups in total. The summed E-state index contributed by atoms with van der Waals surface area (Å²) < 4.78 is 27.5. The van der Waals surface area contributed by atoms with E-state index in [4.69, 9.17) is 5.26 Å². The molecule has 2 rings (SSSR count). The second-order valence-corrected chi connectivity index (χ2v) is 8.43. The molecule has 0 atom stereocenters. The lowest BCUT2D eigenvalue weighted by atomic mass is 10.1. The van der Waals surface area contributed by atoms with E-state index in [0.717, 1.165) is 9.87 Å². The molecule has 6 nitrogen and oxygen atoms in total. The molecular weight excluding hydrogens is 374 g/mol. The monoisotopic (exact) mass is 397 g/mol. The fraction of sp³-hybridized carbons (Fsp3) is 0.238. The van der Waals surface area contributed by atoms with Crippen LogP contribution in [0.1, 0.15) is 22.3 Å². The number of sulfonamides is 1. The number of benzene rings is 2. The van der Waals surface area contributed by atoms with Gasteiger partial charge in [-0.2, -0.15) is 9.57 Å². The Morgan fingerprint density at radius 3 is 2.43 bits per heavy atom. The van der Waals surface area contributed by atoms with E-state index in [1.54, 1.807) is 44.2 Å². The SMILES string of the molecule is C=CCN(CC(=O)Nc1cccc(C#N)c1)S(=O)(=O)c1c(C)cc(C)cc1C. The molecule has 2 aromatic rings. The molecular formula is C21H23N3O3S. The summed E-state index contributed by atoms with van der Waals surface area (Å²) in [5, 5.41) is 11.6. The summed E-state index contributed by atoms with van der Waals surface area (Å²) in [6.45, 7) is 8.63. The van der Waals surface area contributed by atoms with Crippen molar-refractivity contribution in [2.45, 2.75) is 25.7 Å². The molecule has 0 saturated heterocycles. The van der Waals surface area contributed by atoms with Crippen LogP contribution in [0.4, 0.5) is 5.69 Å². The van der Waals surface area contributed by atoms with Crippen LogP contribution in [0, 0.1) is 32.1 Å². The largest absolute Gasteiger partial charge is 0.325 e. The van der Waals surface area contributed by atoms with Gasteiger partial charge in [-0.05, 0) is 50.1 Å². The van der Waals surface area contributed by atoms with Crippen molar-refractivity contribution in [1.29, 1.82) is 5.26 Å². The summed E-state index contributed by atoms with van der Waals surface area (Å²) in [4.78, 5) is 12.7. The van der Waals surface area contributed by atoms with Gasteiger partial charge < -0.3 is 5.32 Å². The first-order chi connectivity index (χ1) is 13.2. The molecule has 0 aliphatic carbocycles. The van der Waals surface area contributed by atoms with E-state index in [9.17, 15) is 13.2 Å². The van der Waals surface area contributed by atoms with Gasteiger partial charge in [0.1, 0.15) is 0 Å². The molecule has 1 amide bonds. The molecule has 0 aliphatic rings. The van der Waals surface area contributed by atoms with Gasteiger partial charge in [0.05, 0.1) is 23.1 Å². The van der Waals surface area contributed by atoms with Gasteiger partial charge in [-0.25, -0.2) is 8.42 Å². The van der Waals surface area contributed by atoms with Crippen LogP contribution in [0.2, 0.25) is 0 Å². The molecule has 2 aromatic carbocycles. The molecule has 0 bridgehead atoms. The third-order valence-electron chi connectivity index (χ3n) is 4.13. The number of rotatable bonds is 7. The number of hydrogen-bond donors (Lipinski definition) is 1. The summed E-state index contributed by atoms with van der Waals surface area (Å²) >= 11 is 0. The number of nitriles is 1. The maximum Gasteiger partial charge on any atom is 0.244 e. The van der Waals surface area contributed by atoms with E-state index < -0.39 is 15.9 Å². The van der Waals surface area contributed by atoms with Crippen molar-refractivity contribution in [3.05, 3.63) is 71.3 Å². The van der Waals surface area contributed by atoms with Gasteiger partial charge in [0, 0.05) is 12.2 Å². The van der Waals surface area contributed by atoms with Crippen LogP contribution in [0.5, 0.6) is 0 Å². The van der Waals surface area contributed by atoms with E-state index in [-0.39, 0.29) is 18.0 Å². The van der Waals surface area contributed by atoms with Crippen LogP contribution in [-0.4, -0.2) is 31.7 Å². The molecule has 28 heavy (non-hydrogen) atoms. The highest BCUT2D eigenvalue weighted by Gasteiger charge is 2.28. The second-order valence-electron chi connectivity index (χ2n) is 6.55.